The van der Waals surface area contributed by atoms with Crippen LogP contribution in [0.1, 0.15) is 36.9 Å². The fraction of sp³-hybridized carbons (Fsp3) is 0.368. The van der Waals surface area contributed by atoms with E-state index >= 15 is 0 Å². The van der Waals surface area contributed by atoms with Crippen molar-refractivity contribution in [2.45, 2.75) is 32.7 Å². The van der Waals surface area contributed by atoms with Crippen LogP contribution >= 0.6 is 0 Å². The largest absolute Gasteiger partial charge is 0.377 e. The van der Waals surface area contributed by atoms with Crippen LogP contribution in [0.4, 0.5) is 11.4 Å². The van der Waals surface area contributed by atoms with Crippen LogP contribution in [-0.2, 0) is 0 Å². The number of benzene rings is 2. The van der Waals surface area contributed by atoms with Crippen molar-refractivity contribution in [2.75, 3.05) is 23.3 Å². The molecule has 1 saturated heterocycles. The average molecular weight is 280 g/mol. The lowest BCUT2D eigenvalue weighted by Crippen LogP contribution is -2.20. The van der Waals surface area contributed by atoms with Crippen molar-refractivity contribution in [3.8, 4) is 0 Å². The molecule has 21 heavy (non-hydrogen) atoms. The minimum atomic E-state index is 0.315. The summed E-state index contributed by atoms with van der Waals surface area (Å²) in [6, 6.07) is 17.6. The first kappa shape index (κ1) is 14.0. The summed E-state index contributed by atoms with van der Waals surface area (Å²) in [7, 11) is 0. The summed E-state index contributed by atoms with van der Waals surface area (Å²) in [6.45, 7) is 6.78. The zero-order chi connectivity index (χ0) is 14.7. The van der Waals surface area contributed by atoms with Crippen molar-refractivity contribution in [3.63, 3.8) is 0 Å². The third kappa shape index (κ3) is 3.05. The maximum atomic E-state index is 3.70. The second kappa shape index (κ2) is 6.21. The van der Waals surface area contributed by atoms with Crippen LogP contribution in [0.3, 0.4) is 0 Å². The van der Waals surface area contributed by atoms with Gasteiger partial charge in [0.2, 0.25) is 0 Å². The first-order chi connectivity index (χ1) is 10.3. The molecule has 0 saturated carbocycles. The third-order valence-corrected chi connectivity index (χ3v) is 4.38. The molecule has 1 N–H and O–H groups in total. The lowest BCUT2D eigenvalue weighted by molar-refractivity contribution is 0.869. The van der Waals surface area contributed by atoms with Gasteiger partial charge in [0.25, 0.3) is 0 Å². The van der Waals surface area contributed by atoms with Gasteiger partial charge in [-0.25, -0.2) is 0 Å². The fourth-order valence-corrected chi connectivity index (χ4v) is 3.21. The quantitative estimate of drug-likeness (QED) is 0.868. The van der Waals surface area contributed by atoms with Gasteiger partial charge in [0, 0.05) is 19.1 Å². The number of aryl methyl sites for hydroxylation is 1. The van der Waals surface area contributed by atoms with Crippen molar-refractivity contribution in [3.05, 3.63) is 59.7 Å². The van der Waals surface area contributed by atoms with Crippen molar-refractivity contribution in [1.82, 2.24) is 0 Å². The van der Waals surface area contributed by atoms with Crippen LogP contribution in [0.5, 0.6) is 0 Å². The Labute approximate surface area is 127 Å². The van der Waals surface area contributed by atoms with Crippen LogP contribution < -0.4 is 10.2 Å². The number of nitrogens with one attached hydrogen (secondary N) is 1. The maximum Gasteiger partial charge on any atom is 0.0602 e. The van der Waals surface area contributed by atoms with Gasteiger partial charge in [-0.1, -0.05) is 36.4 Å². The van der Waals surface area contributed by atoms with Crippen LogP contribution in [0.15, 0.2) is 48.5 Å². The molecule has 0 radical (unpaired) electrons. The summed E-state index contributed by atoms with van der Waals surface area (Å²) in [5.41, 5.74) is 5.30. The molecule has 0 aromatic heterocycles. The number of hydrogen-bond donors (Lipinski definition) is 1. The van der Waals surface area contributed by atoms with E-state index in [1.807, 2.05) is 0 Å². The Morgan fingerprint density at radius 3 is 2.38 bits per heavy atom. The second-order valence-corrected chi connectivity index (χ2v) is 5.93. The van der Waals surface area contributed by atoms with Crippen LogP contribution in [0.2, 0.25) is 0 Å². The highest BCUT2D eigenvalue weighted by Gasteiger charge is 2.16. The first-order valence-electron chi connectivity index (χ1n) is 7.92. The number of hydrogen-bond acceptors (Lipinski definition) is 2. The minimum absolute atomic E-state index is 0.315. The standard InChI is InChI=1S/C19H24N2/c1-15-9-3-4-10-17(15)16(2)20-18-11-5-6-12-19(18)21-13-7-8-14-21/h3-6,9-12,16,20H,7-8,13-14H2,1-2H3. The summed E-state index contributed by atoms with van der Waals surface area (Å²) >= 11 is 0. The molecule has 3 rings (SSSR count). The lowest BCUT2D eigenvalue weighted by Gasteiger charge is -2.25. The van der Waals surface area contributed by atoms with E-state index < -0.39 is 0 Å². The minimum Gasteiger partial charge on any atom is -0.377 e. The highest BCUT2D eigenvalue weighted by atomic mass is 15.2. The number of rotatable bonds is 4. The van der Waals surface area contributed by atoms with E-state index in [2.05, 4.69) is 72.6 Å². The molecule has 1 unspecified atom stereocenters. The Morgan fingerprint density at radius 2 is 1.62 bits per heavy atom. The molecule has 1 aliphatic rings. The van der Waals surface area contributed by atoms with E-state index in [-0.39, 0.29) is 0 Å². The highest BCUT2D eigenvalue weighted by molar-refractivity contribution is 5.70. The molecular formula is C19H24N2. The normalized spacial score (nSPS) is 16.0. The molecular weight excluding hydrogens is 256 g/mol. The van der Waals surface area contributed by atoms with Gasteiger partial charge in [0.1, 0.15) is 0 Å². The van der Waals surface area contributed by atoms with Crippen LogP contribution in [0, 0.1) is 6.92 Å². The van der Waals surface area contributed by atoms with E-state index in [1.54, 1.807) is 0 Å². The smallest absolute Gasteiger partial charge is 0.0602 e. The molecule has 2 nitrogen and oxygen atoms in total. The predicted molar refractivity (Wildman–Crippen MR) is 91.1 cm³/mol. The van der Waals surface area contributed by atoms with Gasteiger partial charge in [-0.2, -0.15) is 0 Å². The van der Waals surface area contributed by atoms with Crippen molar-refractivity contribution >= 4 is 11.4 Å². The van der Waals surface area contributed by atoms with Crippen molar-refractivity contribution in [2.24, 2.45) is 0 Å². The number of para-hydroxylation sites is 2. The Hall–Kier alpha value is -1.96. The molecule has 2 aromatic carbocycles. The summed E-state index contributed by atoms with van der Waals surface area (Å²) in [6.07, 6.45) is 2.61. The average Bonchev–Trinajstić information content (AvgIpc) is 3.02. The fourth-order valence-electron chi connectivity index (χ4n) is 3.21. The van der Waals surface area contributed by atoms with Gasteiger partial charge < -0.3 is 10.2 Å². The van der Waals surface area contributed by atoms with E-state index in [0.717, 1.165) is 0 Å². The summed E-state index contributed by atoms with van der Waals surface area (Å²) in [5, 5.41) is 3.70. The Bertz CT molecular complexity index is 600. The molecule has 1 atom stereocenters. The van der Waals surface area contributed by atoms with Gasteiger partial charge in [-0.3, -0.25) is 0 Å². The van der Waals surface area contributed by atoms with Gasteiger partial charge in [-0.15, -0.1) is 0 Å². The summed E-state index contributed by atoms with van der Waals surface area (Å²) in [5.74, 6) is 0. The molecule has 0 bridgehead atoms. The number of nitrogens with zero attached hydrogens (tertiary/aromatic N) is 1. The van der Waals surface area contributed by atoms with Gasteiger partial charge in [0.15, 0.2) is 0 Å². The van der Waals surface area contributed by atoms with E-state index in [9.17, 15) is 0 Å². The van der Waals surface area contributed by atoms with E-state index in [1.165, 1.54) is 48.4 Å². The molecule has 1 aliphatic heterocycles. The van der Waals surface area contributed by atoms with Crippen molar-refractivity contribution in [1.29, 1.82) is 0 Å². The SMILES string of the molecule is Cc1ccccc1C(C)Nc1ccccc1N1CCCC1. The van der Waals surface area contributed by atoms with Crippen molar-refractivity contribution < 1.29 is 0 Å². The molecule has 110 valence electrons. The molecule has 1 fully saturated rings. The highest BCUT2D eigenvalue weighted by Crippen LogP contribution is 2.31. The van der Waals surface area contributed by atoms with Gasteiger partial charge in [-0.05, 0) is 49.9 Å². The van der Waals surface area contributed by atoms with E-state index in [4.69, 9.17) is 0 Å². The summed E-state index contributed by atoms with van der Waals surface area (Å²) in [4.78, 5) is 2.49. The van der Waals surface area contributed by atoms with Gasteiger partial charge >= 0.3 is 0 Å². The topological polar surface area (TPSA) is 15.3 Å². The lowest BCUT2D eigenvalue weighted by atomic mass is 10.0. The number of anilines is 2. The first-order valence-corrected chi connectivity index (χ1v) is 7.92. The monoisotopic (exact) mass is 280 g/mol. The third-order valence-electron chi connectivity index (χ3n) is 4.38. The maximum absolute atomic E-state index is 3.70. The zero-order valence-electron chi connectivity index (χ0n) is 13.0. The molecule has 0 spiro atoms. The van der Waals surface area contributed by atoms with Gasteiger partial charge in [0.05, 0.1) is 11.4 Å². The molecule has 1 heterocycles. The molecule has 2 aromatic rings. The molecule has 0 aliphatic carbocycles. The Kier molecular flexibility index (Phi) is 4.14. The molecule has 0 amide bonds. The Balaban J connectivity index is 1.83. The molecule has 2 heteroatoms. The second-order valence-electron chi connectivity index (χ2n) is 5.93. The Morgan fingerprint density at radius 1 is 0.952 bits per heavy atom. The zero-order valence-corrected chi connectivity index (χ0v) is 13.0. The predicted octanol–water partition coefficient (Wildman–Crippen LogP) is 4.77. The van der Waals surface area contributed by atoms with E-state index in [0.29, 0.717) is 6.04 Å². The van der Waals surface area contributed by atoms with Crippen LogP contribution in [-0.4, -0.2) is 13.1 Å². The van der Waals surface area contributed by atoms with Crippen LogP contribution in [0.25, 0.3) is 0 Å². The summed E-state index contributed by atoms with van der Waals surface area (Å²) < 4.78 is 0.